The Morgan fingerprint density at radius 1 is 1.26 bits per heavy atom. The van der Waals surface area contributed by atoms with Gasteiger partial charge in [-0.1, -0.05) is 6.42 Å². The maximum atomic E-state index is 9.39. The Bertz CT molecular complexity index is 358. The molecule has 3 aliphatic rings. The third-order valence-corrected chi connectivity index (χ3v) is 5.34. The van der Waals surface area contributed by atoms with Crippen molar-refractivity contribution in [1.82, 2.24) is 10.2 Å². The number of aliphatic imine (C=N–C) groups is 1. The number of aliphatic hydroxyl groups excluding tert-OH is 1. The maximum absolute atomic E-state index is 9.39. The predicted molar refractivity (Wildman–Crippen MR) is 77.2 cm³/mol. The van der Waals surface area contributed by atoms with Gasteiger partial charge >= 0.3 is 0 Å². The molecule has 19 heavy (non-hydrogen) atoms. The van der Waals surface area contributed by atoms with E-state index in [0.717, 1.165) is 38.4 Å². The van der Waals surface area contributed by atoms with Crippen molar-refractivity contribution in [3.05, 3.63) is 0 Å². The number of hydrogen-bond donors (Lipinski definition) is 2. The summed E-state index contributed by atoms with van der Waals surface area (Å²) in [5, 5.41) is 12.8. The Morgan fingerprint density at radius 3 is 2.53 bits per heavy atom. The third-order valence-electron chi connectivity index (χ3n) is 5.34. The summed E-state index contributed by atoms with van der Waals surface area (Å²) < 4.78 is 0. The molecule has 0 unspecified atom stereocenters. The molecule has 4 heteroatoms. The van der Waals surface area contributed by atoms with Crippen LogP contribution in [-0.4, -0.2) is 48.8 Å². The Hall–Kier alpha value is -0.770. The second-order valence-electron chi connectivity index (χ2n) is 6.85. The fraction of sp³-hybridized carbons (Fsp3) is 0.933. The van der Waals surface area contributed by atoms with E-state index in [2.05, 4.69) is 17.1 Å². The number of likely N-dealkylation sites (tertiary alicyclic amines) is 1. The van der Waals surface area contributed by atoms with Crippen LogP contribution in [0.15, 0.2) is 4.99 Å². The van der Waals surface area contributed by atoms with Crippen molar-refractivity contribution in [3.63, 3.8) is 0 Å². The average molecular weight is 265 g/mol. The lowest BCUT2D eigenvalue weighted by molar-refractivity contribution is 0.151. The molecule has 0 aromatic rings. The molecular formula is C15H27N3O. The van der Waals surface area contributed by atoms with Crippen molar-refractivity contribution in [2.75, 3.05) is 32.8 Å². The van der Waals surface area contributed by atoms with Crippen LogP contribution in [-0.2, 0) is 0 Å². The highest BCUT2D eigenvalue weighted by molar-refractivity contribution is 5.80. The van der Waals surface area contributed by atoms with Gasteiger partial charge in [0.2, 0.25) is 0 Å². The van der Waals surface area contributed by atoms with Crippen molar-refractivity contribution in [2.45, 2.75) is 45.4 Å². The van der Waals surface area contributed by atoms with Gasteiger partial charge in [0.05, 0.1) is 13.2 Å². The first-order valence-corrected chi connectivity index (χ1v) is 7.85. The SMILES string of the molecule is CCNC(=NCC1(CO)CC1)N1CCC2(CCC2)C1. The molecule has 1 heterocycles. The Kier molecular flexibility index (Phi) is 3.46. The Labute approximate surface area is 116 Å². The van der Waals surface area contributed by atoms with E-state index in [1.54, 1.807) is 0 Å². The van der Waals surface area contributed by atoms with Gasteiger partial charge in [0.15, 0.2) is 5.96 Å². The minimum absolute atomic E-state index is 0.120. The molecule has 0 aromatic carbocycles. The second-order valence-corrected chi connectivity index (χ2v) is 6.85. The van der Waals surface area contributed by atoms with Gasteiger partial charge in [0, 0.05) is 25.0 Å². The van der Waals surface area contributed by atoms with Gasteiger partial charge in [-0.25, -0.2) is 0 Å². The van der Waals surface area contributed by atoms with Crippen LogP contribution in [0.3, 0.4) is 0 Å². The smallest absolute Gasteiger partial charge is 0.193 e. The lowest BCUT2D eigenvalue weighted by atomic mass is 9.68. The molecule has 2 aliphatic carbocycles. The summed E-state index contributed by atoms with van der Waals surface area (Å²) in [6.45, 7) is 6.47. The largest absolute Gasteiger partial charge is 0.396 e. The molecule has 1 spiro atoms. The van der Waals surface area contributed by atoms with Crippen molar-refractivity contribution < 1.29 is 5.11 Å². The normalized spacial score (nSPS) is 27.5. The summed E-state index contributed by atoms with van der Waals surface area (Å²) >= 11 is 0. The number of hydrogen-bond acceptors (Lipinski definition) is 2. The molecular weight excluding hydrogens is 238 g/mol. The van der Waals surface area contributed by atoms with Gasteiger partial charge in [0.25, 0.3) is 0 Å². The molecule has 0 radical (unpaired) electrons. The number of nitrogens with zero attached hydrogens (tertiary/aromatic N) is 2. The van der Waals surface area contributed by atoms with Crippen molar-refractivity contribution in [3.8, 4) is 0 Å². The van der Waals surface area contributed by atoms with Gasteiger partial charge < -0.3 is 15.3 Å². The summed E-state index contributed by atoms with van der Waals surface area (Å²) in [6.07, 6.45) is 7.83. The molecule has 3 rings (SSSR count). The zero-order valence-corrected chi connectivity index (χ0v) is 12.1. The summed E-state index contributed by atoms with van der Waals surface area (Å²) in [5.74, 6) is 1.08. The van der Waals surface area contributed by atoms with Crippen LogP contribution in [0.5, 0.6) is 0 Å². The number of nitrogens with one attached hydrogen (secondary N) is 1. The summed E-state index contributed by atoms with van der Waals surface area (Å²) in [7, 11) is 0. The molecule has 2 saturated carbocycles. The Morgan fingerprint density at radius 2 is 2.05 bits per heavy atom. The van der Waals surface area contributed by atoms with E-state index in [-0.39, 0.29) is 5.41 Å². The van der Waals surface area contributed by atoms with Crippen molar-refractivity contribution >= 4 is 5.96 Å². The lowest BCUT2D eigenvalue weighted by Gasteiger charge is -2.38. The fourth-order valence-electron chi connectivity index (χ4n) is 3.41. The van der Waals surface area contributed by atoms with E-state index >= 15 is 0 Å². The van der Waals surface area contributed by atoms with Crippen LogP contribution in [0.4, 0.5) is 0 Å². The zero-order valence-electron chi connectivity index (χ0n) is 12.1. The molecule has 0 atom stereocenters. The van der Waals surface area contributed by atoms with E-state index in [9.17, 15) is 5.11 Å². The topological polar surface area (TPSA) is 47.9 Å². The fourth-order valence-corrected chi connectivity index (χ4v) is 3.41. The monoisotopic (exact) mass is 265 g/mol. The lowest BCUT2D eigenvalue weighted by Crippen LogP contribution is -2.43. The highest BCUT2D eigenvalue weighted by atomic mass is 16.3. The van der Waals surface area contributed by atoms with E-state index in [4.69, 9.17) is 4.99 Å². The molecule has 108 valence electrons. The van der Waals surface area contributed by atoms with E-state index < -0.39 is 0 Å². The molecule has 4 nitrogen and oxygen atoms in total. The molecule has 0 aromatic heterocycles. The van der Waals surface area contributed by atoms with Gasteiger partial charge in [0.1, 0.15) is 0 Å². The summed E-state index contributed by atoms with van der Waals surface area (Å²) in [6, 6.07) is 0. The summed E-state index contributed by atoms with van der Waals surface area (Å²) in [5.41, 5.74) is 0.735. The standard InChI is InChI=1S/C15H27N3O/c1-2-16-13(17-10-15(12-19)6-7-15)18-9-8-14(11-18)4-3-5-14/h19H,2-12H2,1H3,(H,16,17). The van der Waals surface area contributed by atoms with E-state index in [0.29, 0.717) is 12.0 Å². The first-order valence-electron chi connectivity index (χ1n) is 7.85. The van der Waals surface area contributed by atoms with Crippen LogP contribution in [0.2, 0.25) is 0 Å². The highest BCUT2D eigenvalue weighted by Gasteiger charge is 2.44. The van der Waals surface area contributed by atoms with E-state index in [1.165, 1.54) is 32.2 Å². The average Bonchev–Trinajstić information content (AvgIpc) is 3.02. The van der Waals surface area contributed by atoms with Gasteiger partial charge in [-0.05, 0) is 44.4 Å². The van der Waals surface area contributed by atoms with E-state index in [1.807, 2.05) is 0 Å². The number of aliphatic hydroxyl groups is 1. The maximum Gasteiger partial charge on any atom is 0.193 e. The molecule has 1 saturated heterocycles. The van der Waals surface area contributed by atoms with Crippen molar-refractivity contribution in [1.29, 1.82) is 0 Å². The van der Waals surface area contributed by atoms with Gasteiger partial charge in [-0.15, -0.1) is 0 Å². The van der Waals surface area contributed by atoms with Gasteiger partial charge in [-0.2, -0.15) is 0 Å². The van der Waals surface area contributed by atoms with Crippen molar-refractivity contribution in [2.24, 2.45) is 15.8 Å². The highest BCUT2D eigenvalue weighted by Crippen LogP contribution is 2.48. The molecule has 2 N–H and O–H groups in total. The predicted octanol–water partition coefficient (Wildman–Crippen LogP) is 1.60. The molecule has 0 amide bonds. The van der Waals surface area contributed by atoms with Crippen LogP contribution in [0.25, 0.3) is 0 Å². The van der Waals surface area contributed by atoms with Crippen LogP contribution < -0.4 is 5.32 Å². The van der Waals surface area contributed by atoms with Crippen LogP contribution in [0.1, 0.15) is 45.4 Å². The van der Waals surface area contributed by atoms with Crippen LogP contribution >= 0.6 is 0 Å². The number of guanidine groups is 1. The Balaban J connectivity index is 1.62. The van der Waals surface area contributed by atoms with Gasteiger partial charge in [-0.3, -0.25) is 4.99 Å². The molecule has 0 bridgehead atoms. The van der Waals surface area contributed by atoms with Crippen LogP contribution in [0, 0.1) is 10.8 Å². The first kappa shape index (κ1) is 13.2. The first-order chi connectivity index (χ1) is 9.21. The minimum Gasteiger partial charge on any atom is -0.396 e. The minimum atomic E-state index is 0.120. The number of rotatable bonds is 4. The molecule has 3 fully saturated rings. The third kappa shape index (κ3) is 2.60. The quantitative estimate of drug-likeness (QED) is 0.599. The molecule has 1 aliphatic heterocycles. The zero-order chi connectivity index (χ0) is 13.3. The second kappa shape index (κ2) is 4.97. The summed E-state index contributed by atoms with van der Waals surface area (Å²) in [4.78, 5) is 7.24.